The lowest BCUT2D eigenvalue weighted by molar-refractivity contribution is 0.102. The average molecular weight is 346 g/mol. The van der Waals surface area contributed by atoms with Crippen molar-refractivity contribution in [1.82, 2.24) is 4.98 Å². The summed E-state index contributed by atoms with van der Waals surface area (Å²) in [5.74, 6) is 0.605. The molecule has 0 unspecified atom stereocenters. The Bertz CT molecular complexity index is 918. The first-order valence-electron chi connectivity index (χ1n) is 8.54. The van der Waals surface area contributed by atoms with Gasteiger partial charge in [-0.25, -0.2) is 0 Å². The van der Waals surface area contributed by atoms with Gasteiger partial charge in [-0.15, -0.1) is 0 Å². The SMILES string of the molecule is Cc1cccc(COc2ccc(NC(=O)c3ccc(C)nc3)c(C)c2)c1. The molecule has 3 rings (SSSR count). The number of carbonyl (C=O) groups is 1. The second-order valence-electron chi connectivity index (χ2n) is 6.40. The molecule has 3 aromatic rings. The smallest absolute Gasteiger partial charge is 0.257 e. The van der Waals surface area contributed by atoms with E-state index in [2.05, 4.69) is 29.4 Å². The number of carbonyl (C=O) groups excluding carboxylic acids is 1. The van der Waals surface area contributed by atoms with Crippen LogP contribution in [0.4, 0.5) is 5.69 Å². The van der Waals surface area contributed by atoms with Crippen molar-refractivity contribution < 1.29 is 9.53 Å². The molecule has 132 valence electrons. The van der Waals surface area contributed by atoms with Gasteiger partial charge in [-0.05, 0) is 62.2 Å². The summed E-state index contributed by atoms with van der Waals surface area (Å²) < 4.78 is 5.86. The van der Waals surface area contributed by atoms with Gasteiger partial charge in [0, 0.05) is 17.6 Å². The average Bonchev–Trinajstić information content (AvgIpc) is 2.62. The Morgan fingerprint density at radius 1 is 1.04 bits per heavy atom. The van der Waals surface area contributed by atoms with Gasteiger partial charge in [0.2, 0.25) is 0 Å². The number of ether oxygens (including phenoxy) is 1. The highest BCUT2D eigenvalue weighted by Gasteiger charge is 2.09. The molecule has 26 heavy (non-hydrogen) atoms. The van der Waals surface area contributed by atoms with Crippen LogP contribution in [0, 0.1) is 20.8 Å². The molecule has 0 bridgehead atoms. The molecule has 1 heterocycles. The van der Waals surface area contributed by atoms with E-state index >= 15 is 0 Å². The maximum absolute atomic E-state index is 12.3. The van der Waals surface area contributed by atoms with Crippen molar-refractivity contribution in [3.63, 3.8) is 0 Å². The molecule has 1 N–H and O–H groups in total. The van der Waals surface area contributed by atoms with E-state index in [1.165, 1.54) is 5.56 Å². The van der Waals surface area contributed by atoms with Gasteiger partial charge in [0.05, 0.1) is 5.56 Å². The lowest BCUT2D eigenvalue weighted by atomic mass is 10.1. The quantitative estimate of drug-likeness (QED) is 0.719. The van der Waals surface area contributed by atoms with Gasteiger partial charge in [0.15, 0.2) is 0 Å². The molecular weight excluding hydrogens is 324 g/mol. The third-order valence-electron chi connectivity index (χ3n) is 4.11. The van der Waals surface area contributed by atoms with Crippen molar-refractivity contribution in [3.8, 4) is 5.75 Å². The summed E-state index contributed by atoms with van der Waals surface area (Å²) in [6, 6.07) is 17.5. The number of hydrogen-bond acceptors (Lipinski definition) is 3. The number of nitrogens with one attached hydrogen (secondary N) is 1. The predicted molar refractivity (Wildman–Crippen MR) is 104 cm³/mol. The maximum atomic E-state index is 12.3. The van der Waals surface area contributed by atoms with Crippen LogP contribution in [-0.2, 0) is 6.61 Å². The minimum atomic E-state index is -0.172. The highest BCUT2D eigenvalue weighted by Crippen LogP contribution is 2.23. The first-order chi connectivity index (χ1) is 12.5. The summed E-state index contributed by atoms with van der Waals surface area (Å²) in [5.41, 5.74) is 5.47. The minimum Gasteiger partial charge on any atom is -0.489 e. The lowest BCUT2D eigenvalue weighted by Gasteiger charge is -2.12. The fourth-order valence-corrected chi connectivity index (χ4v) is 2.63. The molecule has 0 saturated heterocycles. The van der Waals surface area contributed by atoms with E-state index < -0.39 is 0 Å². The van der Waals surface area contributed by atoms with E-state index in [0.29, 0.717) is 12.2 Å². The Morgan fingerprint density at radius 3 is 2.58 bits per heavy atom. The number of benzene rings is 2. The normalized spacial score (nSPS) is 10.4. The second-order valence-corrected chi connectivity index (χ2v) is 6.40. The van der Waals surface area contributed by atoms with Gasteiger partial charge < -0.3 is 10.1 Å². The molecule has 2 aromatic carbocycles. The monoisotopic (exact) mass is 346 g/mol. The van der Waals surface area contributed by atoms with E-state index in [0.717, 1.165) is 28.3 Å². The van der Waals surface area contributed by atoms with Crippen molar-refractivity contribution in [3.05, 3.63) is 88.7 Å². The number of nitrogens with zero attached hydrogens (tertiary/aromatic N) is 1. The zero-order chi connectivity index (χ0) is 18.5. The third kappa shape index (κ3) is 4.48. The number of anilines is 1. The molecule has 0 atom stereocenters. The Kier molecular flexibility index (Phi) is 5.32. The Morgan fingerprint density at radius 2 is 1.88 bits per heavy atom. The van der Waals surface area contributed by atoms with Crippen LogP contribution in [0.15, 0.2) is 60.8 Å². The molecule has 0 aliphatic carbocycles. The maximum Gasteiger partial charge on any atom is 0.257 e. The molecule has 0 fully saturated rings. The summed E-state index contributed by atoms with van der Waals surface area (Å²) in [5, 5.41) is 2.92. The van der Waals surface area contributed by atoms with Crippen molar-refractivity contribution in [2.24, 2.45) is 0 Å². The summed E-state index contributed by atoms with van der Waals surface area (Å²) in [6.07, 6.45) is 1.58. The highest BCUT2D eigenvalue weighted by atomic mass is 16.5. The fraction of sp³-hybridized carbons (Fsp3) is 0.182. The van der Waals surface area contributed by atoms with E-state index in [1.807, 2.05) is 50.2 Å². The molecule has 0 aliphatic rings. The van der Waals surface area contributed by atoms with Gasteiger partial charge in [0.25, 0.3) is 5.91 Å². The first kappa shape index (κ1) is 17.7. The van der Waals surface area contributed by atoms with Gasteiger partial charge in [-0.3, -0.25) is 9.78 Å². The molecule has 0 saturated carbocycles. The van der Waals surface area contributed by atoms with Gasteiger partial charge in [-0.1, -0.05) is 29.8 Å². The van der Waals surface area contributed by atoms with Crippen LogP contribution in [0.1, 0.15) is 32.7 Å². The van der Waals surface area contributed by atoms with E-state index in [9.17, 15) is 4.79 Å². The van der Waals surface area contributed by atoms with Crippen LogP contribution >= 0.6 is 0 Å². The number of aromatic nitrogens is 1. The van der Waals surface area contributed by atoms with Crippen molar-refractivity contribution in [1.29, 1.82) is 0 Å². The van der Waals surface area contributed by atoms with Crippen LogP contribution < -0.4 is 10.1 Å². The first-order valence-corrected chi connectivity index (χ1v) is 8.54. The molecule has 4 nitrogen and oxygen atoms in total. The molecule has 0 spiro atoms. The largest absolute Gasteiger partial charge is 0.489 e. The second kappa shape index (κ2) is 7.83. The van der Waals surface area contributed by atoms with Crippen molar-refractivity contribution in [2.75, 3.05) is 5.32 Å². The molecular formula is C22H22N2O2. The van der Waals surface area contributed by atoms with Crippen LogP contribution in [0.2, 0.25) is 0 Å². The van der Waals surface area contributed by atoms with Crippen LogP contribution in [0.25, 0.3) is 0 Å². The topological polar surface area (TPSA) is 51.2 Å². The van der Waals surface area contributed by atoms with Crippen LogP contribution in [0.3, 0.4) is 0 Å². The van der Waals surface area contributed by atoms with E-state index in [-0.39, 0.29) is 5.91 Å². The van der Waals surface area contributed by atoms with E-state index in [1.54, 1.807) is 12.3 Å². The van der Waals surface area contributed by atoms with E-state index in [4.69, 9.17) is 4.74 Å². The van der Waals surface area contributed by atoms with Crippen LogP contribution in [0.5, 0.6) is 5.75 Å². The molecule has 0 radical (unpaired) electrons. The Hall–Kier alpha value is -3.14. The number of aryl methyl sites for hydroxylation is 3. The molecule has 0 aliphatic heterocycles. The van der Waals surface area contributed by atoms with Gasteiger partial charge in [-0.2, -0.15) is 0 Å². The number of hydrogen-bond donors (Lipinski definition) is 1. The summed E-state index contributed by atoms with van der Waals surface area (Å²) in [4.78, 5) is 16.5. The van der Waals surface area contributed by atoms with Gasteiger partial charge in [0.1, 0.15) is 12.4 Å². The fourth-order valence-electron chi connectivity index (χ4n) is 2.63. The minimum absolute atomic E-state index is 0.172. The summed E-state index contributed by atoms with van der Waals surface area (Å²) in [6.45, 7) is 6.42. The summed E-state index contributed by atoms with van der Waals surface area (Å²) in [7, 11) is 0. The third-order valence-corrected chi connectivity index (χ3v) is 4.11. The van der Waals surface area contributed by atoms with Crippen LogP contribution in [-0.4, -0.2) is 10.9 Å². The number of pyridine rings is 1. The Balaban J connectivity index is 1.65. The standard InChI is InChI=1S/C22H22N2O2/c1-15-5-4-6-18(11-15)14-26-20-9-10-21(16(2)12-20)24-22(25)19-8-7-17(3)23-13-19/h4-13H,14H2,1-3H3,(H,24,25). The number of amides is 1. The van der Waals surface area contributed by atoms with Crippen molar-refractivity contribution in [2.45, 2.75) is 27.4 Å². The molecule has 1 aromatic heterocycles. The molecule has 1 amide bonds. The molecule has 4 heteroatoms. The lowest BCUT2D eigenvalue weighted by Crippen LogP contribution is -2.13. The highest BCUT2D eigenvalue weighted by molar-refractivity contribution is 6.04. The van der Waals surface area contributed by atoms with Crippen molar-refractivity contribution >= 4 is 11.6 Å². The predicted octanol–water partition coefficient (Wildman–Crippen LogP) is 4.84. The zero-order valence-electron chi connectivity index (χ0n) is 15.2. The zero-order valence-corrected chi connectivity index (χ0v) is 15.2. The summed E-state index contributed by atoms with van der Waals surface area (Å²) >= 11 is 0. The number of rotatable bonds is 5. The Labute approximate surface area is 153 Å². The van der Waals surface area contributed by atoms with Gasteiger partial charge >= 0.3 is 0 Å².